The maximum absolute atomic E-state index is 6.29. The average Bonchev–Trinajstić information content (AvgIpc) is 2.45. The number of nitrogens with two attached hydrogens (primary N) is 1. The van der Waals surface area contributed by atoms with E-state index in [1.807, 2.05) is 0 Å². The number of rotatable bonds is 5. The smallest absolute Gasteiger partial charge is 0.0220 e. The molecule has 2 unspecified atom stereocenters. The predicted octanol–water partition coefficient (Wildman–Crippen LogP) is 2.56. The zero-order valence-electron chi connectivity index (χ0n) is 13.8. The highest BCUT2D eigenvalue weighted by molar-refractivity contribution is 4.80. The summed E-state index contributed by atoms with van der Waals surface area (Å²) < 4.78 is 0. The first-order valence-corrected chi connectivity index (χ1v) is 8.00. The van der Waals surface area contributed by atoms with Crippen LogP contribution in [0.3, 0.4) is 0 Å². The third-order valence-electron chi connectivity index (χ3n) is 4.16. The maximum Gasteiger partial charge on any atom is 0.0220 e. The summed E-state index contributed by atoms with van der Waals surface area (Å²) in [5.41, 5.74) is 6.64. The molecular formula is C16H35N3. The van der Waals surface area contributed by atoms with E-state index < -0.39 is 0 Å². The Kier molecular flexibility index (Phi) is 6.78. The first-order chi connectivity index (χ1) is 8.81. The number of nitrogens with zero attached hydrogens (tertiary/aromatic N) is 2. The maximum atomic E-state index is 6.29. The van der Waals surface area contributed by atoms with Gasteiger partial charge in [0.2, 0.25) is 0 Å². The van der Waals surface area contributed by atoms with Crippen molar-refractivity contribution in [1.82, 2.24) is 9.80 Å². The molecule has 19 heavy (non-hydrogen) atoms. The standard InChI is InChI=1S/C16H35N3/c1-6-15-13-18(5)9-7-10-19(15)11-8-14(17)12-16(2,3)4/h14-15H,6-13,17H2,1-5H3. The van der Waals surface area contributed by atoms with Gasteiger partial charge < -0.3 is 10.6 Å². The predicted molar refractivity (Wildman–Crippen MR) is 84.4 cm³/mol. The van der Waals surface area contributed by atoms with E-state index in [1.165, 1.54) is 39.0 Å². The van der Waals surface area contributed by atoms with E-state index in [0.29, 0.717) is 17.5 Å². The second kappa shape index (κ2) is 7.61. The van der Waals surface area contributed by atoms with Crippen LogP contribution in [0.25, 0.3) is 0 Å². The Morgan fingerprint density at radius 1 is 1.26 bits per heavy atom. The van der Waals surface area contributed by atoms with Gasteiger partial charge in [-0.3, -0.25) is 4.90 Å². The second-order valence-electron chi connectivity index (χ2n) is 7.53. The van der Waals surface area contributed by atoms with Gasteiger partial charge in [0, 0.05) is 18.6 Å². The fourth-order valence-corrected chi connectivity index (χ4v) is 3.19. The molecule has 2 N–H and O–H groups in total. The molecule has 1 rings (SSSR count). The molecule has 0 aromatic carbocycles. The van der Waals surface area contributed by atoms with E-state index in [2.05, 4.69) is 44.5 Å². The topological polar surface area (TPSA) is 32.5 Å². The van der Waals surface area contributed by atoms with Crippen LogP contribution >= 0.6 is 0 Å². The lowest BCUT2D eigenvalue weighted by Crippen LogP contribution is -2.42. The Balaban J connectivity index is 2.41. The highest BCUT2D eigenvalue weighted by atomic mass is 15.2. The summed E-state index contributed by atoms with van der Waals surface area (Å²) in [5.74, 6) is 0. The summed E-state index contributed by atoms with van der Waals surface area (Å²) in [6.07, 6.45) is 4.80. The Morgan fingerprint density at radius 2 is 1.95 bits per heavy atom. The van der Waals surface area contributed by atoms with Crippen molar-refractivity contribution >= 4 is 0 Å². The van der Waals surface area contributed by atoms with E-state index >= 15 is 0 Å². The van der Waals surface area contributed by atoms with Crippen LogP contribution in [0.15, 0.2) is 0 Å². The van der Waals surface area contributed by atoms with Crippen molar-refractivity contribution in [1.29, 1.82) is 0 Å². The highest BCUT2D eigenvalue weighted by Gasteiger charge is 2.23. The summed E-state index contributed by atoms with van der Waals surface area (Å²) in [5, 5.41) is 0. The Labute approximate surface area is 120 Å². The van der Waals surface area contributed by atoms with Crippen LogP contribution in [-0.2, 0) is 0 Å². The normalized spacial score (nSPS) is 25.3. The molecule has 0 aromatic heterocycles. The zero-order chi connectivity index (χ0) is 14.5. The van der Waals surface area contributed by atoms with Crippen molar-refractivity contribution < 1.29 is 0 Å². The van der Waals surface area contributed by atoms with Gasteiger partial charge in [-0.15, -0.1) is 0 Å². The first-order valence-electron chi connectivity index (χ1n) is 8.00. The molecule has 2 atom stereocenters. The van der Waals surface area contributed by atoms with Gasteiger partial charge in [0.05, 0.1) is 0 Å². The molecule has 0 aliphatic carbocycles. The monoisotopic (exact) mass is 269 g/mol. The second-order valence-corrected chi connectivity index (χ2v) is 7.53. The molecule has 1 fully saturated rings. The highest BCUT2D eigenvalue weighted by Crippen LogP contribution is 2.21. The van der Waals surface area contributed by atoms with E-state index in [-0.39, 0.29) is 0 Å². The summed E-state index contributed by atoms with van der Waals surface area (Å²) in [4.78, 5) is 5.15. The molecule has 114 valence electrons. The van der Waals surface area contributed by atoms with Crippen LogP contribution in [0.4, 0.5) is 0 Å². The number of likely N-dealkylation sites (N-methyl/N-ethyl adjacent to an activating group) is 1. The molecule has 1 aliphatic heterocycles. The summed E-state index contributed by atoms with van der Waals surface area (Å²) in [6.45, 7) is 14.0. The molecule has 1 saturated heterocycles. The van der Waals surface area contributed by atoms with E-state index in [9.17, 15) is 0 Å². The molecule has 3 heteroatoms. The fourth-order valence-electron chi connectivity index (χ4n) is 3.19. The molecule has 0 radical (unpaired) electrons. The van der Waals surface area contributed by atoms with Crippen LogP contribution in [0.1, 0.15) is 53.4 Å². The van der Waals surface area contributed by atoms with Crippen LogP contribution in [0.2, 0.25) is 0 Å². The lowest BCUT2D eigenvalue weighted by Gasteiger charge is -2.32. The third kappa shape index (κ3) is 6.73. The van der Waals surface area contributed by atoms with E-state index in [4.69, 9.17) is 5.73 Å². The third-order valence-corrected chi connectivity index (χ3v) is 4.16. The van der Waals surface area contributed by atoms with Crippen molar-refractivity contribution in [2.24, 2.45) is 11.1 Å². The summed E-state index contributed by atoms with van der Waals surface area (Å²) in [7, 11) is 2.25. The average molecular weight is 269 g/mol. The Morgan fingerprint density at radius 3 is 2.53 bits per heavy atom. The molecule has 0 aromatic rings. The minimum Gasteiger partial charge on any atom is -0.328 e. The summed E-state index contributed by atoms with van der Waals surface area (Å²) >= 11 is 0. The van der Waals surface area contributed by atoms with Gasteiger partial charge >= 0.3 is 0 Å². The lowest BCUT2D eigenvalue weighted by molar-refractivity contribution is 0.173. The minimum atomic E-state index is 0.346. The van der Waals surface area contributed by atoms with Gasteiger partial charge in [0.15, 0.2) is 0 Å². The van der Waals surface area contributed by atoms with Crippen molar-refractivity contribution in [2.45, 2.75) is 65.5 Å². The van der Waals surface area contributed by atoms with E-state index in [0.717, 1.165) is 12.8 Å². The van der Waals surface area contributed by atoms with Crippen LogP contribution in [0, 0.1) is 5.41 Å². The molecule has 0 bridgehead atoms. The largest absolute Gasteiger partial charge is 0.328 e. The van der Waals surface area contributed by atoms with Crippen molar-refractivity contribution in [3.63, 3.8) is 0 Å². The van der Waals surface area contributed by atoms with Crippen LogP contribution in [0.5, 0.6) is 0 Å². The quantitative estimate of drug-likeness (QED) is 0.832. The molecule has 0 amide bonds. The van der Waals surface area contributed by atoms with Gasteiger partial charge in [0.25, 0.3) is 0 Å². The Bertz CT molecular complexity index is 247. The first kappa shape index (κ1) is 16.9. The van der Waals surface area contributed by atoms with Gasteiger partial charge in [-0.25, -0.2) is 0 Å². The number of hydrogen-bond donors (Lipinski definition) is 1. The molecule has 3 nitrogen and oxygen atoms in total. The number of hydrogen-bond acceptors (Lipinski definition) is 3. The van der Waals surface area contributed by atoms with E-state index in [1.54, 1.807) is 0 Å². The van der Waals surface area contributed by atoms with Gasteiger partial charge in [-0.2, -0.15) is 0 Å². The summed E-state index contributed by atoms with van der Waals surface area (Å²) in [6, 6.07) is 1.06. The van der Waals surface area contributed by atoms with Crippen molar-refractivity contribution in [2.75, 3.05) is 33.2 Å². The van der Waals surface area contributed by atoms with Crippen LogP contribution in [-0.4, -0.2) is 55.1 Å². The van der Waals surface area contributed by atoms with Gasteiger partial charge in [-0.1, -0.05) is 27.7 Å². The molecular weight excluding hydrogens is 234 g/mol. The van der Waals surface area contributed by atoms with Crippen LogP contribution < -0.4 is 5.73 Å². The fraction of sp³-hybridized carbons (Fsp3) is 1.00. The SMILES string of the molecule is CCC1CN(C)CCCN1CCC(N)CC(C)(C)C. The van der Waals surface area contributed by atoms with Crippen molar-refractivity contribution in [3.05, 3.63) is 0 Å². The van der Waals surface area contributed by atoms with Gasteiger partial charge in [-0.05, 0) is 57.8 Å². The molecule has 1 aliphatic rings. The zero-order valence-corrected chi connectivity index (χ0v) is 13.8. The molecule has 1 heterocycles. The van der Waals surface area contributed by atoms with Gasteiger partial charge in [0.1, 0.15) is 0 Å². The molecule has 0 saturated carbocycles. The minimum absolute atomic E-state index is 0.346. The van der Waals surface area contributed by atoms with Crippen molar-refractivity contribution in [3.8, 4) is 0 Å². The lowest BCUT2D eigenvalue weighted by atomic mass is 9.87. The Hall–Kier alpha value is -0.120. The molecule has 0 spiro atoms.